The summed E-state index contributed by atoms with van der Waals surface area (Å²) in [4.78, 5) is 9.82. The molecular weight excluding hydrogens is 232 g/mol. The van der Waals surface area contributed by atoms with Gasteiger partial charge in [-0.25, -0.2) is 4.98 Å². The molecule has 2 rings (SSSR count). The van der Waals surface area contributed by atoms with Crippen molar-refractivity contribution < 1.29 is 0 Å². The fourth-order valence-corrected chi connectivity index (χ4v) is 2.38. The third kappa shape index (κ3) is 4.34. The van der Waals surface area contributed by atoms with Crippen molar-refractivity contribution in [2.45, 2.75) is 26.2 Å². The summed E-state index contributed by atoms with van der Waals surface area (Å²) in [7, 11) is 1.82. The fraction of sp³-hybridized carbons (Fsp3) is 0.667. The molecule has 1 aliphatic rings. The summed E-state index contributed by atoms with van der Waals surface area (Å²) in [5.41, 5.74) is 0. The smallest absolute Gasteiger partial charge is 0.190 e. The highest BCUT2D eigenvalue weighted by atomic mass is 32.1. The second kappa shape index (κ2) is 6.00. The van der Waals surface area contributed by atoms with Gasteiger partial charge in [-0.3, -0.25) is 4.99 Å². The van der Waals surface area contributed by atoms with Gasteiger partial charge >= 0.3 is 0 Å². The lowest BCUT2D eigenvalue weighted by atomic mass is 10.4. The molecule has 0 saturated heterocycles. The summed E-state index contributed by atoms with van der Waals surface area (Å²) in [6.07, 6.45) is 5.62. The SMILES string of the molecule is CN=C(NCCc1ncc(C)s1)NCC1CC1. The van der Waals surface area contributed by atoms with Crippen LogP contribution in [-0.2, 0) is 6.42 Å². The molecule has 1 fully saturated rings. The first-order chi connectivity index (χ1) is 8.28. The van der Waals surface area contributed by atoms with Crippen LogP contribution >= 0.6 is 11.3 Å². The molecule has 0 unspecified atom stereocenters. The highest BCUT2D eigenvalue weighted by Gasteiger charge is 2.20. The lowest BCUT2D eigenvalue weighted by Gasteiger charge is -2.10. The van der Waals surface area contributed by atoms with E-state index < -0.39 is 0 Å². The van der Waals surface area contributed by atoms with Crippen molar-refractivity contribution in [3.63, 3.8) is 0 Å². The minimum absolute atomic E-state index is 0.871. The van der Waals surface area contributed by atoms with Gasteiger partial charge in [-0.1, -0.05) is 0 Å². The number of nitrogens with one attached hydrogen (secondary N) is 2. The van der Waals surface area contributed by atoms with Gasteiger partial charge in [-0.2, -0.15) is 0 Å². The first-order valence-corrected chi connectivity index (χ1v) is 6.95. The van der Waals surface area contributed by atoms with E-state index in [0.717, 1.165) is 31.4 Å². The van der Waals surface area contributed by atoms with Gasteiger partial charge in [0.15, 0.2) is 5.96 Å². The molecule has 0 radical (unpaired) electrons. The maximum absolute atomic E-state index is 4.34. The van der Waals surface area contributed by atoms with E-state index in [1.165, 1.54) is 22.7 Å². The Hall–Kier alpha value is -1.10. The predicted octanol–water partition coefficient (Wildman–Crippen LogP) is 1.57. The molecule has 1 aromatic heterocycles. The molecule has 0 atom stereocenters. The minimum Gasteiger partial charge on any atom is -0.356 e. The number of thiazole rings is 1. The Labute approximate surface area is 107 Å². The average molecular weight is 252 g/mol. The van der Waals surface area contributed by atoms with Crippen LogP contribution in [0.1, 0.15) is 22.7 Å². The predicted molar refractivity (Wildman–Crippen MR) is 72.6 cm³/mol. The molecular formula is C12H20N4S. The van der Waals surface area contributed by atoms with Gasteiger partial charge in [0.25, 0.3) is 0 Å². The quantitative estimate of drug-likeness (QED) is 0.618. The Morgan fingerprint density at radius 2 is 2.35 bits per heavy atom. The van der Waals surface area contributed by atoms with Crippen LogP contribution in [0.15, 0.2) is 11.2 Å². The molecule has 94 valence electrons. The first kappa shape index (κ1) is 12.4. The molecule has 0 aliphatic heterocycles. The summed E-state index contributed by atoms with van der Waals surface area (Å²) >= 11 is 1.76. The summed E-state index contributed by atoms with van der Waals surface area (Å²) in [5, 5.41) is 7.85. The molecule has 0 spiro atoms. The van der Waals surface area contributed by atoms with Crippen LogP contribution in [-0.4, -0.2) is 31.1 Å². The van der Waals surface area contributed by atoms with E-state index in [2.05, 4.69) is 27.5 Å². The second-order valence-corrected chi connectivity index (χ2v) is 5.76. The molecule has 1 saturated carbocycles. The highest BCUT2D eigenvalue weighted by Crippen LogP contribution is 2.27. The van der Waals surface area contributed by atoms with Gasteiger partial charge < -0.3 is 10.6 Å². The zero-order chi connectivity index (χ0) is 12.1. The van der Waals surface area contributed by atoms with Gasteiger partial charge in [0.05, 0.1) is 5.01 Å². The fourth-order valence-electron chi connectivity index (χ4n) is 1.59. The van der Waals surface area contributed by atoms with Crippen LogP contribution in [0.3, 0.4) is 0 Å². The number of aromatic nitrogens is 1. The summed E-state index contributed by atoms with van der Waals surface area (Å²) < 4.78 is 0. The number of aliphatic imine (C=N–C) groups is 1. The van der Waals surface area contributed by atoms with Crippen molar-refractivity contribution >= 4 is 17.3 Å². The normalized spacial score (nSPS) is 16.0. The van der Waals surface area contributed by atoms with E-state index in [1.807, 2.05) is 13.2 Å². The van der Waals surface area contributed by atoms with Gasteiger partial charge in [0.2, 0.25) is 0 Å². The molecule has 1 aromatic rings. The Morgan fingerprint density at radius 1 is 1.53 bits per heavy atom. The molecule has 0 bridgehead atoms. The second-order valence-electron chi connectivity index (χ2n) is 4.44. The van der Waals surface area contributed by atoms with E-state index in [9.17, 15) is 0 Å². The van der Waals surface area contributed by atoms with Crippen LogP contribution in [0.4, 0.5) is 0 Å². The largest absolute Gasteiger partial charge is 0.356 e. The Morgan fingerprint density at radius 3 is 2.94 bits per heavy atom. The van der Waals surface area contributed by atoms with Crippen LogP contribution < -0.4 is 10.6 Å². The number of aryl methyl sites for hydroxylation is 1. The van der Waals surface area contributed by atoms with Crippen molar-refractivity contribution in [3.05, 3.63) is 16.1 Å². The van der Waals surface area contributed by atoms with Crippen LogP contribution in [0, 0.1) is 12.8 Å². The summed E-state index contributed by atoms with van der Waals surface area (Å²) in [6, 6.07) is 0. The van der Waals surface area contributed by atoms with Crippen LogP contribution in [0.5, 0.6) is 0 Å². The molecule has 0 aromatic carbocycles. The van der Waals surface area contributed by atoms with Crippen molar-refractivity contribution in [1.29, 1.82) is 0 Å². The van der Waals surface area contributed by atoms with E-state index >= 15 is 0 Å². The third-order valence-corrected chi connectivity index (χ3v) is 3.75. The van der Waals surface area contributed by atoms with Gasteiger partial charge in [-0.05, 0) is 25.7 Å². The van der Waals surface area contributed by atoms with E-state index in [-0.39, 0.29) is 0 Å². The molecule has 1 aliphatic carbocycles. The molecule has 17 heavy (non-hydrogen) atoms. The van der Waals surface area contributed by atoms with Gasteiger partial charge in [0.1, 0.15) is 0 Å². The molecule has 2 N–H and O–H groups in total. The molecule has 5 heteroatoms. The first-order valence-electron chi connectivity index (χ1n) is 6.13. The van der Waals surface area contributed by atoms with Crippen LogP contribution in [0.25, 0.3) is 0 Å². The van der Waals surface area contributed by atoms with Crippen molar-refractivity contribution in [3.8, 4) is 0 Å². The summed E-state index contributed by atoms with van der Waals surface area (Å²) in [5.74, 6) is 1.78. The van der Waals surface area contributed by atoms with E-state index in [1.54, 1.807) is 11.3 Å². The number of guanidine groups is 1. The lowest BCUT2D eigenvalue weighted by Crippen LogP contribution is -2.39. The lowest BCUT2D eigenvalue weighted by molar-refractivity contribution is 0.734. The molecule has 0 amide bonds. The summed E-state index contributed by atoms with van der Waals surface area (Å²) in [6.45, 7) is 4.03. The monoisotopic (exact) mass is 252 g/mol. The third-order valence-electron chi connectivity index (χ3n) is 2.78. The highest BCUT2D eigenvalue weighted by molar-refractivity contribution is 7.11. The number of nitrogens with zero attached hydrogens (tertiary/aromatic N) is 2. The van der Waals surface area contributed by atoms with E-state index in [0.29, 0.717) is 0 Å². The maximum atomic E-state index is 4.34. The Balaban J connectivity index is 1.65. The van der Waals surface area contributed by atoms with Crippen LogP contribution in [0.2, 0.25) is 0 Å². The van der Waals surface area contributed by atoms with Crippen molar-refractivity contribution in [2.75, 3.05) is 20.1 Å². The molecule has 1 heterocycles. The average Bonchev–Trinajstić information content (AvgIpc) is 3.06. The van der Waals surface area contributed by atoms with Gasteiger partial charge in [-0.15, -0.1) is 11.3 Å². The Bertz CT molecular complexity index is 382. The minimum atomic E-state index is 0.871. The maximum Gasteiger partial charge on any atom is 0.190 e. The zero-order valence-electron chi connectivity index (χ0n) is 10.5. The standard InChI is InChI=1S/C12H20N4S/c1-9-7-15-11(17-9)5-6-14-12(13-2)16-8-10-3-4-10/h7,10H,3-6,8H2,1-2H3,(H2,13,14,16). The molecule has 4 nitrogen and oxygen atoms in total. The van der Waals surface area contributed by atoms with Crippen molar-refractivity contribution in [1.82, 2.24) is 15.6 Å². The van der Waals surface area contributed by atoms with Gasteiger partial charge in [0, 0.05) is 37.6 Å². The Kier molecular flexibility index (Phi) is 4.36. The number of rotatable bonds is 5. The topological polar surface area (TPSA) is 49.3 Å². The number of hydrogen-bond acceptors (Lipinski definition) is 3. The zero-order valence-corrected chi connectivity index (χ0v) is 11.3. The van der Waals surface area contributed by atoms with Crippen molar-refractivity contribution in [2.24, 2.45) is 10.9 Å². The number of hydrogen-bond donors (Lipinski definition) is 2. The van der Waals surface area contributed by atoms with E-state index in [4.69, 9.17) is 0 Å².